The van der Waals surface area contributed by atoms with E-state index in [1.54, 1.807) is 6.07 Å². The molecule has 3 heterocycles. The maximum Gasteiger partial charge on any atom is 0.522 e. The van der Waals surface area contributed by atoms with Gasteiger partial charge in [0, 0.05) is 29.4 Å². The van der Waals surface area contributed by atoms with Gasteiger partial charge >= 0.3 is 12.5 Å². The third-order valence-electron chi connectivity index (χ3n) is 6.41. The number of nitrogens with zero attached hydrogens (tertiary/aromatic N) is 5. The zero-order valence-electron chi connectivity index (χ0n) is 19.5. The summed E-state index contributed by atoms with van der Waals surface area (Å²) in [5.41, 5.74) is 0.430. The molecule has 0 aliphatic heterocycles. The van der Waals surface area contributed by atoms with Crippen LogP contribution in [0.2, 0.25) is 0 Å². The molecule has 3 N–H and O–H groups in total. The van der Waals surface area contributed by atoms with Crippen molar-refractivity contribution in [1.82, 2.24) is 29.9 Å². The van der Waals surface area contributed by atoms with Crippen LogP contribution in [0, 0.1) is 11.3 Å². The summed E-state index contributed by atoms with van der Waals surface area (Å²) in [6, 6.07) is 3.53. The van der Waals surface area contributed by atoms with E-state index in [9.17, 15) is 27.6 Å². The van der Waals surface area contributed by atoms with Crippen LogP contribution >= 0.6 is 0 Å². The minimum Gasteiger partial charge on any atom is -0.443 e. The molecule has 2 aliphatic carbocycles. The largest absolute Gasteiger partial charge is 0.522 e. The lowest BCUT2D eigenvalue weighted by atomic mass is 10.0. The van der Waals surface area contributed by atoms with Gasteiger partial charge < -0.3 is 15.4 Å². The highest BCUT2D eigenvalue weighted by Gasteiger charge is 2.42. The zero-order valence-corrected chi connectivity index (χ0v) is 19.5. The smallest absolute Gasteiger partial charge is 0.443 e. The van der Waals surface area contributed by atoms with Crippen LogP contribution in [0.1, 0.15) is 55.5 Å². The summed E-state index contributed by atoms with van der Waals surface area (Å²) in [5, 5.41) is 22.0. The summed E-state index contributed by atoms with van der Waals surface area (Å²) in [7, 11) is 0. The number of aromatic nitrogens is 5. The van der Waals surface area contributed by atoms with E-state index < -0.39 is 31.3 Å². The molecule has 11 nitrogen and oxygen atoms in total. The number of carbonyl (C=O) groups excluding carboxylic acids is 1. The average Bonchev–Trinajstić information content (AvgIpc) is 3.20. The molecule has 1 amide bonds. The molecule has 5 rings (SSSR count). The predicted octanol–water partition coefficient (Wildman–Crippen LogP) is 3.97. The van der Waals surface area contributed by atoms with Crippen LogP contribution < -0.4 is 10.6 Å². The number of hydrogen-bond acceptors (Lipinski definition) is 8. The van der Waals surface area contributed by atoms with E-state index in [1.165, 1.54) is 16.8 Å². The van der Waals surface area contributed by atoms with Gasteiger partial charge in [-0.25, -0.2) is 19.2 Å². The molecule has 0 bridgehead atoms. The second-order valence-electron chi connectivity index (χ2n) is 9.41. The van der Waals surface area contributed by atoms with E-state index in [0.29, 0.717) is 11.5 Å². The Kier molecular flexibility index (Phi) is 6.14. The fourth-order valence-corrected chi connectivity index (χ4v) is 4.20. The molecule has 0 unspecified atom stereocenters. The third kappa shape index (κ3) is 5.58. The second kappa shape index (κ2) is 9.18. The van der Waals surface area contributed by atoms with Crippen LogP contribution in [0.4, 0.5) is 34.1 Å². The van der Waals surface area contributed by atoms with Gasteiger partial charge in [0.2, 0.25) is 5.95 Å². The molecular formula is C22H22F4N8O3. The Labute approximate surface area is 207 Å². The molecule has 2 aliphatic rings. The number of halogens is 4. The van der Waals surface area contributed by atoms with Crippen LogP contribution in [0.3, 0.4) is 0 Å². The van der Waals surface area contributed by atoms with Crippen LogP contribution in [0.5, 0.6) is 0 Å². The normalized spacial score (nSPS) is 22.5. The first-order valence-corrected chi connectivity index (χ1v) is 11.4. The van der Waals surface area contributed by atoms with Crippen LogP contribution in [0.25, 0.3) is 5.65 Å². The van der Waals surface area contributed by atoms with Gasteiger partial charge in [0.05, 0.1) is 18.5 Å². The maximum absolute atomic E-state index is 14.6. The van der Waals surface area contributed by atoms with Crippen molar-refractivity contribution in [3.63, 3.8) is 0 Å². The summed E-state index contributed by atoms with van der Waals surface area (Å²) >= 11 is 0. The van der Waals surface area contributed by atoms with Crippen molar-refractivity contribution >= 4 is 23.5 Å². The molecule has 37 heavy (non-hydrogen) atoms. The van der Waals surface area contributed by atoms with Crippen molar-refractivity contribution in [2.75, 3.05) is 5.32 Å². The van der Waals surface area contributed by atoms with E-state index in [4.69, 9.17) is 4.74 Å². The number of nitriles is 1. The van der Waals surface area contributed by atoms with Crippen molar-refractivity contribution in [3.8, 4) is 6.07 Å². The molecular weight excluding hydrogens is 500 g/mol. The molecule has 0 radical (unpaired) electrons. The number of rotatable bonds is 7. The van der Waals surface area contributed by atoms with Gasteiger partial charge in [-0.2, -0.15) is 10.4 Å². The third-order valence-corrected chi connectivity index (χ3v) is 6.41. The Morgan fingerprint density at radius 3 is 2.86 bits per heavy atom. The Morgan fingerprint density at radius 2 is 2.16 bits per heavy atom. The lowest BCUT2D eigenvalue weighted by Gasteiger charge is -2.17. The summed E-state index contributed by atoms with van der Waals surface area (Å²) in [5.74, 6) is 0.161. The number of nitrogens with one attached hydrogen (secondary N) is 3. The van der Waals surface area contributed by atoms with Crippen molar-refractivity contribution in [2.45, 2.75) is 69.3 Å². The van der Waals surface area contributed by atoms with Gasteiger partial charge in [0.25, 0.3) is 0 Å². The van der Waals surface area contributed by atoms with Crippen LogP contribution in [0.15, 0.2) is 18.5 Å². The predicted molar refractivity (Wildman–Crippen MR) is 118 cm³/mol. The van der Waals surface area contributed by atoms with Gasteiger partial charge in [-0.3, -0.25) is 14.2 Å². The first kappa shape index (κ1) is 24.8. The number of H-pyrrole nitrogens is 1. The average molecular weight is 522 g/mol. The number of ether oxygens (including phenoxy) is 2. The zero-order chi connectivity index (χ0) is 26.4. The summed E-state index contributed by atoms with van der Waals surface area (Å²) < 4.78 is 62.3. The summed E-state index contributed by atoms with van der Waals surface area (Å²) in [4.78, 5) is 20.3. The van der Waals surface area contributed by atoms with Gasteiger partial charge in [0.1, 0.15) is 23.9 Å². The molecule has 3 atom stereocenters. The van der Waals surface area contributed by atoms with E-state index in [-0.39, 0.29) is 47.2 Å². The van der Waals surface area contributed by atoms with Crippen LogP contribution in [-0.2, 0) is 16.1 Å². The lowest BCUT2D eigenvalue weighted by Crippen LogP contribution is -2.38. The van der Waals surface area contributed by atoms with E-state index in [1.807, 2.05) is 13.0 Å². The van der Waals surface area contributed by atoms with E-state index in [0.717, 1.165) is 12.8 Å². The first-order valence-electron chi connectivity index (χ1n) is 11.4. The topological polar surface area (TPSA) is 142 Å². The second-order valence-corrected chi connectivity index (χ2v) is 9.41. The van der Waals surface area contributed by atoms with Crippen molar-refractivity contribution < 1.29 is 31.8 Å². The van der Waals surface area contributed by atoms with Crippen LogP contribution in [-0.4, -0.2) is 54.8 Å². The summed E-state index contributed by atoms with van der Waals surface area (Å²) in [6.45, 7) is 1.06. The molecule has 0 spiro atoms. The lowest BCUT2D eigenvalue weighted by molar-refractivity contribution is -0.330. The quantitative estimate of drug-likeness (QED) is 0.396. The number of carbonyl (C=O) groups is 1. The Bertz CT molecular complexity index is 1360. The Balaban J connectivity index is 1.27. The highest BCUT2D eigenvalue weighted by atomic mass is 19.4. The number of aromatic amines is 1. The number of hydrogen-bond donors (Lipinski definition) is 3. The van der Waals surface area contributed by atoms with Gasteiger partial charge in [-0.05, 0) is 32.6 Å². The highest BCUT2D eigenvalue weighted by molar-refractivity contribution is 5.69. The molecule has 3 aromatic heterocycles. The standard InChI is InChI=1S/C22H22F4N8O3/c1-21(2-3-21)31-20(35)37-16-5-11(4-14(16)23)15-6-17(33-32-15)30-19-28-8-12(7-27)18-29-13(9-34(18)19)10-36-22(24,25)26/h6,8-9,11,14,16H,2-5,10H2,1H3,(H,31,35)(H2,28,30,32,33)/t11-,14+,16-/m0/s1. The fraction of sp³-hybridized carbons (Fsp3) is 0.500. The van der Waals surface area contributed by atoms with Gasteiger partial charge in [-0.15, -0.1) is 13.2 Å². The molecule has 3 aromatic rings. The van der Waals surface area contributed by atoms with Gasteiger partial charge in [-0.1, -0.05) is 0 Å². The SMILES string of the molecule is CC1(NC(=O)O[C@H]2C[C@@H](c3cc(Nc4ncc(C#N)c5nc(COC(F)(F)F)cn45)n[nH]3)C[C@H]2F)CC1. The van der Waals surface area contributed by atoms with Gasteiger partial charge in [0.15, 0.2) is 11.5 Å². The number of alkyl halides is 4. The maximum atomic E-state index is 14.6. The van der Waals surface area contributed by atoms with Crippen molar-refractivity contribution in [1.29, 1.82) is 5.26 Å². The molecule has 15 heteroatoms. The van der Waals surface area contributed by atoms with Crippen molar-refractivity contribution in [3.05, 3.63) is 35.4 Å². The minimum absolute atomic E-state index is 0.0530. The fourth-order valence-electron chi connectivity index (χ4n) is 4.20. The number of imidazole rings is 1. The molecule has 2 saturated carbocycles. The van der Waals surface area contributed by atoms with E-state index in [2.05, 4.69) is 35.5 Å². The monoisotopic (exact) mass is 522 g/mol. The first-order chi connectivity index (χ1) is 17.5. The Hall–Kier alpha value is -3.93. The Morgan fingerprint density at radius 1 is 1.38 bits per heavy atom. The molecule has 2 fully saturated rings. The number of fused-ring (bicyclic) bond motifs is 1. The molecule has 0 aromatic carbocycles. The molecule has 0 saturated heterocycles. The summed E-state index contributed by atoms with van der Waals surface area (Å²) in [6.07, 6.45) is -3.04. The number of alkyl carbamates (subject to hydrolysis) is 1. The number of anilines is 2. The van der Waals surface area contributed by atoms with E-state index >= 15 is 0 Å². The number of amides is 1. The highest BCUT2D eigenvalue weighted by Crippen LogP contribution is 2.39. The molecule has 196 valence electrons. The van der Waals surface area contributed by atoms with Crippen molar-refractivity contribution in [2.24, 2.45) is 0 Å². The minimum atomic E-state index is -4.83.